The highest BCUT2D eigenvalue weighted by molar-refractivity contribution is 7.14. The van der Waals surface area contributed by atoms with Gasteiger partial charge in [-0.05, 0) is 24.3 Å². The maximum absolute atomic E-state index is 12.1. The van der Waals surface area contributed by atoms with E-state index in [9.17, 15) is 4.79 Å². The van der Waals surface area contributed by atoms with E-state index in [1.165, 1.54) is 11.3 Å². The molecule has 0 radical (unpaired) electrons. The molecule has 5 heteroatoms. The molecule has 3 N–H and O–H groups in total. The number of anilines is 1. The monoisotopic (exact) mass is 249 g/mol. The Kier molecular flexibility index (Phi) is 3.46. The van der Waals surface area contributed by atoms with E-state index in [2.05, 4.69) is 11.4 Å². The lowest BCUT2D eigenvalue weighted by atomic mass is 9.82. The van der Waals surface area contributed by atoms with Crippen molar-refractivity contribution < 1.29 is 4.79 Å². The molecule has 1 amide bonds. The van der Waals surface area contributed by atoms with E-state index in [0.717, 1.165) is 32.1 Å². The van der Waals surface area contributed by atoms with Crippen LogP contribution in [-0.4, -0.2) is 11.4 Å². The van der Waals surface area contributed by atoms with Crippen molar-refractivity contribution in [3.63, 3.8) is 0 Å². The molecule has 1 aromatic rings. The first kappa shape index (κ1) is 12.1. The minimum Gasteiger partial charge on any atom is -0.317 e. The Morgan fingerprint density at radius 2 is 2.18 bits per heavy atom. The van der Waals surface area contributed by atoms with E-state index in [1.807, 2.05) is 0 Å². The van der Waals surface area contributed by atoms with Gasteiger partial charge in [0, 0.05) is 0 Å². The zero-order valence-electron chi connectivity index (χ0n) is 9.53. The lowest BCUT2D eigenvalue weighted by Crippen LogP contribution is -2.52. The van der Waals surface area contributed by atoms with Crippen LogP contribution in [0.4, 0.5) is 5.00 Å². The van der Waals surface area contributed by atoms with Crippen LogP contribution in [0.15, 0.2) is 11.4 Å². The zero-order chi connectivity index (χ0) is 12.3. The summed E-state index contributed by atoms with van der Waals surface area (Å²) < 4.78 is 0. The predicted octanol–water partition coefficient (Wildman–Crippen LogP) is 2.22. The number of thiophene rings is 1. The molecule has 2 rings (SSSR count). The molecule has 0 spiro atoms. The van der Waals surface area contributed by atoms with Gasteiger partial charge in [-0.1, -0.05) is 19.3 Å². The van der Waals surface area contributed by atoms with E-state index >= 15 is 0 Å². The second kappa shape index (κ2) is 4.86. The number of hydrogen-bond acceptors (Lipinski definition) is 4. The predicted molar refractivity (Wildman–Crippen MR) is 67.7 cm³/mol. The maximum atomic E-state index is 12.1. The van der Waals surface area contributed by atoms with Gasteiger partial charge in [0.15, 0.2) is 0 Å². The Balaban J connectivity index is 2.09. The largest absolute Gasteiger partial charge is 0.317 e. The molecule has 4 nitrogen and oxygen atoms in total. The molecular weight excluding hydrogens is 234 g/mol. The third-order valence-corrected chi connectivity index (χ3v) is 4.04. The van der Waals surface area contributed by atoms with Crippen LogP contribution >= 0.6 is 11.3 Å². The van der Waals surface area contributed by atoms with Crippen LogP contribution in [0.3, 0.4) is 0 Å². The molecule has 0 aliphatic heterocycles. The molecule has 0 saturated heterocycles. The summed E-state index contributed by atoms with van der Waals surface area (Å²) in [5.41, 5.74) is 5.87. The van der Waals surface area contributed by atoms with E-state index in [1.54, 1.807) is 11.4 Å². The van der Waals surface area contributed by atoms with E-state index in [0.29, 0.717) is 10.6 Å². The Morgan fingerprint density at radius 3 is 2.82 bits per heavy atom. The molecule has 1 aliphatic carbocycles. The van der Waals surface area contributed by atoms with Gasteiger partial charge in [-0.3, -0.25) is 4.79 Å². The normalized spacial score (nSPS) is 18.4. The third kappa shape index (κ3) is 2.48. The number of carbonyl (C=O) groups excluding carboxylic acids is 1. The van der Waals surface area contributed by atoms with Crippen LogP contribution in [0, 0.1) is 11.3 Å². The van der Waals surface area contributed by atoms with Crippen LogP contribution in [0.1, 0.15) is 37.7 Å². The summed E-state index contributed by atoms with van der Waals surface area (Å²) in [5.74, 6) is -0.156. The van der Waals surface area contributed by atoms with Gasteiger partial charge in [0.05, 0.1) is 11.1 Å². The van der Waals surface area contributed by atoms with Crippen LogP contribution < -0.4 is 11.1 Å². The average Bonchev–Trinajstić information content (AvgIpc) is 2.77. The van der Waals surface area contributed by atoms with Gasteiger partial charge >= 0.3 is 0 Å². The van der Waals surface area contributed by atoms with Crippen molar-refractivity contribution >= 4 is 22.2 Å². The smallest absolute Gasteiger partial charge is 0.245 e. The first-order valence-electron chi connectivity index (χ1n) is 5.74. The van der Waals surface area contributed by atoms with E-state index < -0.39 is 5.54 Å². The van der Waals surface area contributed by atoms with Crippen LogP contribution in [0.25, 0.3) is 0 Å². The number of nitrogens with two attached hydrogens (primary N) is 1. The Bertz CT molecular complexity index is 455. The van der Waals surface area contributed by atoms with Crippen LogP contribution in [0.5, 0.6) is 0 Å². The molecule has 0 atom stereocenters. The van der Waals surface area contributed by atoms with Crippen molar-refractivity contribution in [1.82, 2.24) is 0 Å². The van der Waals surface area contributed by atoms with Crippen molar-refractivity contribution in [2.75, 3.05) is 5.32 Å². The molecule has 0 aromatic carbocycles. The van der Waals surface area contributed by atoms with Crippen molar-refractivity contribution in [3.05, 3.63) is 17.0 Å². The Morgan fingerprint density at radius 1 is 1.47 bits per heavy atom. The number of nitrogens with zero attached hydrogens (tertiary/aromatic N) is 1. The minimum atomic E-state index is -0.755. The molecule has 90 valence electrons. The molecule has 1 aromatic heterocycles. The van der Waals surface area contributed by atoms with Crippen molar-refractivity contribution in [2.45, 2.75) is 37.6 Å². The molecule has 1 fully saturated rings. The van der Waals surface area contributed by atoms with Gasteiger partial charge in [-0.2, -0.15) is 5.26 Å². The average molecular weight is 249 g/mol. The van der Waals surface area contributed by atoms with E-state index in [-0.39, 0.29) is 5.91 Å². The number of amides is 1. The molecule has 1 saturated carbocycles. The van der Waals surface area contributed by atoms with Crippen molar-refractivity contribution in [3.8, 4) is 6.07 Å². The lowest BCUT2D eigenvalue weighted by molar-refractivity contribution is -0.122. The summed E-state index contributed by atoms with van der Waals surface area (Å²) in [7, 11) is 0. The summed E-state index contributed by atoms with van der Waals surface area (Å²) in [6.07, 6.45) is 4.60. The summed E-state index contributed by atoms with van der Waals surface area (Å²) in [5, 5.41) is 14.0. The number of nitriles is 1. The van der Waals surface area contributed by atoms with Crippen LogP contribution in [-0.2, 0) is 4.79 Å². The van der Waals surface area contributed by atoms with Crippen molar-refractivity contribution in [1.29, 1.82) is 5.26 Å². The Labute approximate surface area is 104 Å². The molecule has 17 heavy (non-hydrogen) atoms. The maximum Gasteiger partial charge on any atom is 0.245 e. The molecular formula is C12H15N3OS. The first-order chi connectivity index (χ1) is 8.15. The van der Waals surface area contributed by atoms with Crippen LogP contribution in [0.2, 0.25) is 0 Å². The van der Waals surface area contributed by atoms with Gasteiger partial charge in [0.25, 0.3) is 0 Å². The minimum absolute atomic E-state index is 0.156. The lowest BCUT2D eigenvalue weighted by Gasteiger charge is -2.31. The van der Waals surface area contributed by atoms with Crippen molar-refractivity contribution in [2.24, 2.45) is 5.73 Å². The first-order valence-corrected chi connectivity index (χ1v) is 6.62. The highest BCUT2D eigenvalue weighted by Crippen LogP contribution is 2.29. The highest BCUT2D eigenvalue weighted by Gasteiger charge is 2.35. The second-order valence-electron chi connectivity index (χ2n) is 4.45. The van der Waals surface area contributed by atoms with Gasteiger partial charge < -0.3 is 11.1 Å². The fraction of sp³-hybridized carbons (Fsp3) is 0.500. The number of carbonyl (C=O) groups is 1. The topological polar surface area (TPSA) is 78.9 Å². The summed E-state index contributed by atoms with van der Waals surface area (Å²) in [6.45, 7) is 0. The third-order valence-electron chi connectivity index (χ3n) is 3.21. The molecule has 1 aliphatic rings. The van der Waals surface area contributed by atoms with E-state index in [4.69, 9.17) is 11.0 Å². The van der Waals surface area contributed by atoms with Gasteiger partial charge in [-0.15, -0.1) is 11.3 Å². The number of rotatable bonds is 2. The summed E-state index contributed by atoms with van der Waals surface area (Å²) >= 11 is 1.36. The second-order valence-corrected chi connectivity index (χ2v) is 5.36. The summed E-state index contributed by atoms with van der Waals surface area (Å²) in [4.78, 5) is 12.1. The van der Waals surface area contributed by atoms with Gasteiger partial charge in [-0.25, -0.2) is 0 Å². The SMILES string of the molecule is N#Cc1ccsc1NC(=O)C1(N)CCCCC1. The fourth-order valence-electron chi connectivity index (χ4n) is 2.13. The summed E-state index contributed by atoms with van der Waals surface area (Å²) in [6, 6.07) is 3.75. The molecule has 0 bridgehead atoms. The molecule has 1 heterocycles. The zero-order valence-corrected chi connectivity index (χ0v) is 10.3. The molecule has 0 unspecified atom stereocenters. The van der Waals surface area contributed by atoms with Gasteiger partial charge in [0.1, 0.15) is 11.1 Å². The van der Waals surface area contributed by atoms with Gasteiger partial charge in [0.2, 0.25) is 5.91 Å². The number of hydrogen-bond donors (Lipinski definition) is 2. The quantitative estimate of drug-likeness (QED) is 0.843. The fourth-order valence-corrected chi connectivity index (χ4v) is 2.86. The Hall–Kier alpha value is -1.38. The number of nitrogens with one attached hydrogen (secondary N) is 1. The highest BCUT2D eigenvalue weighted by atomic mass is 32.1. The standard InChI is InChI=1S/C12H15N3OS/c13-8-9-4-7-17-10(9)15-11(16)12(14)5-2-1-3-6-12/h4,7H,1-3,5-6,14H2,(H,15,16).